The van der Waals surface area contributed by atoms with Crippen LogP contribution in [0.4, 0.5) is 0 Å². The zero-order valence-electron chi connectivity index (χ0n) is 10.1. The van der Waals surface area contributed by atoms with Crippen LogP contribution in [0.2, 0.25) is 0 Å². The highest BCUT2D eigenvalue weighted by Crippen LogP contribution is 2.12. The fourth-order valence-electron chi connectivity index (χ4n) is 1.50. The summed E-state index contributed by atoms with van der Waals surface area (Å²) in [6, 6.07) is 2.41. The average molecular weight is 247 g/mol. The summed E-state index contributed by atoms with van der Waals surface area (Å²) in [6.07, 6.45) is 3.02. The van der Waals surface area contributed by atoms with Gasteiger partial charge in [-0.25, -0.2) is 4.98 Å². The molecule has 2 aromatic heterocycles. The minimum absolute atomic E-state index is 0.300. The number of hydrogen-bond acceptors (Lipinski definition) is 4. The SMILES string of the molecule is Cc1cnc(C(C)NC(=O)c2cc[nH]c(=O)c2)o1. The van der Waals surface area contributed by atoms with E-state index < -0.39 is 0 Å². The number of nitrogens with one attached hydrogen (secondary N) is 2. The maximum Gasteiger partial charge on any atom is 0.252 e. The van der Waals surface area contributed by atoms with Gasteiger partial charge in [0.15, 0.2) is 0 Å². The fraction of sp³-hybridized carbons (Fsp3) is 0.250. The maximum atomic E-state index is 11.9. The Morgan fingerprint density at radius 2 is 2.33 bits per heavy atom. The minimum atomic E-state index is -0.356. The van der Waals surface area contributed by atoms with Gasteiger partial charge in [0.1, 0.15) is 11.8 Å². The molecule has 0 aliphatic carbocycles. The molecular weight excluding hydrogens is 234 g/mol. The number of H-pyrrole nitrogens is 1. The predicted molar refractivity (Wildman–Crippen MR) is 64.2 cm³/mol. The maximum absolute atomic E-state index is 11.9. The number of hydrogen-bond donors (Lipinski definition) is 2. The first kappa shape index (κ1) is 12.1. The summed E-state index contributed by atoms with van der Waals surface area (Å²) >= 11 is 0. The first-order valence-electron chi connectivity index (χ1n) is 5.48. The molecule has 6 heteroatoms. The molecule has 2 aromatic rings. The van der Waals surface area contributed by atoms with E-state index in [1.54, 1.807) is 20.0 Å². The predicted octanol–water partition coefficient (Wildman–Crippen LogP) is 1.16. The van der Waals surface area contributed by atoms with Gasteiger partial charge in [0.05, 0.1) is 6.20 Å². The molecule has 0 aliphatic rings. The third kappa shape index (κ3) is 2.65. The number of amides is 1. The van der Waals surface area contributed by atoms with Crippen LogP contribution in [-0.4, -0.2) is 15.9 Å². The number of pyridine rings is 1. The lowest BCUT2D eigenvalue weighted by Gasteiger charge is -2.09. The standard InChI is InChI=1S/C12H13N3O3/c1-7-6-14-12(18-7)8(2)15-11(17)9-3-4-13-10(16)5-9/h3-6,8H,1-2H3,(H,13,16)(H,15,17). The summed E-state index contributed by atoms with van der Waals surface area (Å²) in [5.74, 6) is 0.775. The van der Waals surface area contributed by atoms with Crippen molar-refractivity contribution in [2.24, 2.45) is 0 Å². The van der Waals surface area contributed by atoms with Crippen molar-refractivity contribution in [3.8, 4) is 0 Å². The Kier molecular flexibility index (Phi) is 3.27. The first-order valence-corrected chi connectivity index (χ1v) is 5.48. The van der Waals surface area contributed by atoms with Crippen LogP contribution in [0.5, 0.6) is 0 Å². The Balaban J connectivity index is 2.10. The second-order valence-electron chi connectivity index (χ2n) is 3.95. The van der Waals surface area contributed by atoms with Crippen LogP contribution in [-0.2, 0) is 0 Å². The highest BCUT2D eigenvalue weighted by molar-refractivity contribution is 5.94. The lowest BCUT2D eigenvalue weighted by Crippen LogP contribution is -2.27. The first-order chi connectivity index (χ1) is 8.56. The quantitative estimate of drug-likeness (QED) is 0.851. The van der Waals surface area contributed by atoms with E-state index >= 15 is 0 Å². The molecule has 0 saturated carbocycles. The van der Waals surface area contributed by atoms with Crippen molar-refractivity contribution in [3.05, 3.63) is 52.1 Å². The van der Waals surface area contributed by atoms with Crippen LogP contribution in [0.25, 0.3) is 0 Å². The topological polar surface area (TPSA) is 88.0 Å². The largest absolute Gasteiger partial charge is 0.444 e. The molecule has 1 amide bonds. The Bertz CT molecular complexity index is 615. The summed E-state index contributed by atoms with van der Waals surface area (Å²) in [5.41, 5.74) is -0.0175. The van der Waals surface area contributed by atoms with Crippen molar-refractivity contribution in [3.63, 3.8) is 0 Å². The molecule has 0 fully saturated rings. The molecule has 0 spiro atoms. The van der Waals surface area contributed by atoms with Gasteiger partial charge >= 0.3 is 0 Å². The fourth-order valence-corrected chi connectivity index (χ4v) is 1.50. The van der Waals surface area contributed by atoms with Crippen LogP contribution in [0.3, 0.4) is 0 Å². The van der Waals surface area contributed by atoms with Crippen LogP contribution in [0, 0.1) is 6.92 Å². The Labute approximate surface area is 103 Å². The summed E-state index contributed by atoms with van der Waals surface area (Å²) in [7, 11) is 0. The zero-order valence-corrected chi connectivity index (χ0v) is 10.1. The van der Waals surface area contributed by atoms with E-state index in [1.807, 2.05) is 0 Å². The van der Waals surface area contributed by atoms with Crippen LogP contribution in [0.15, 0.2) is 33.7 Å². The highest BCUT2D eigenvalue weighted by Gasteiger charge is 2.15. The second-order valence-corrected chi connectivity index (χ2v) is 3.95. The van der Waals surface area contributed by atoms with Crippen molar-refractivity contribution in [2.45, 2.75) is 19.9 Å². The molecule has 2 heterocycles. The van der Waals surface area contributed by atoms with Crippen molar-refractivity contribution in [2.75, 3.05) is 0 Å². The number of aryl methyl sites for hydroxylation is 1. The molecule has 0 saturated heterocycles. The molecule has 0 radical (unpaired) electrons. The number of aromatic nitrogens is 2. The zero-order chi connectivity index (χ0) is 13.1. The number of rotatable bonds is 3. The van der Waals surface area contributed by atoms with Crippen molar-refractivity contribution < 1.29 is 9.21 Å². The molecule has 6 nitrogen and oxygen atoms in total. The molecule has 18 heavy (non-hydrogen) atoms. The molecule has 2 N–H and O–H groups in total. The van der Waals surface area contributed by atoms with E-state index in [2.05, 4.69) is 15.3 Å². The normalized spacial score (nSPS) is 12.1. The highest BCUT2D eigenvalue weighted by atomic mass is 16.4. The van der Waals surface area contributed by atoms with Crippen LogP contribution in [0.1, 0.15) is 35.0 Å². The van der Waals surface area contributed by atoms with E-state index in [-0.39, 0.29) is 17.5 Å². The third-order valence-corrected chi connectivity index (χ3v) is 2.39. The Hall–Kier alpha value is -2.37. The number of oxazole rings is 1. The van der Waals surface area contributed by atoms with Crippen LogP contribution >= 0.6 is 0 Å². The van der Waals surface area contributed by atoms with Gasteiger partial charge in [0, 0.05) is 17.8 Å². The number of carbonyl (C=O) groups excluding carboxylic acids is 1. The molecule has 0 aliphatic heterocycles. The summed E-state index contributed by atoms with van der Waals surface area (Å²) < 4.78 is 5.31. The number of nitrogens with zero attached hydrogens (tertiary/aromatic N) is 1. The van der Waals surface area contributed by atoms with Crippen molar-refractivity contribution in [1.29, 1.82) is 0 Å². The van der Waals surface area contributed by atoms with Gasteiger partial charge in [-0.1, -0.05) is 0 Å². The minimum Gasteiger partial charge on any atom is -0.444 e. The number of carbonyl (C=O) groups is 1. The van der Waals surface area contributed by atoms with E-state index in [1.165, 1.54) is 18.3 Å². The van der Waals surface area contributed by atoms with Gasteiger partial charge in [-0.15, -0.1) is 0 Å². The van der Waals surface area contributed by atoms with Gasteiger partial charge < -0.3 is 14.7 Å². The third-order valence-electron chi connectivity index (χ3n) is 2.39. The summed E-state index contributed by atoms with van der Waals surface area (Å²) in [5, 5.41) is 2.71. The Morgan fingerprint density at radius 3 is 2.94 bits per heavy atom. The van der Waals surface area contributed by atoms with Gasteiger partial charge in [0.25, 0.3) is 5.91 Å². The summed E-state index contributed by atoms with van der Waals surface area (Å²) in [6.45, 7) is 3.54. The molecule has 2 rings (SSSR count). The van der Waals surface area contributed by atoms with Gasteiger partial charge in [-0.05, 0) is 19.9 Å². The molecule has 1 unspecified atom stereocenters. The van der Waals surface area contributed by atoms with Gasteiger partial charge in [-0.2, -0.15) is 0 Å². The van der Waals surface area contributed by atoms with Crippen molar-refractivity contribution >= 4 is 5.91 Å². The van der Waals surface area contributed by atoms with E-state index in [4.69, 9.17) is 4.42 Å². The average Bonchev–Trinajstić information content (AvgIpc) is 2.76. The van der Waals surface area contributed by atoms with Gasteiger partial charge in [-0.3, -0.25) is 9.59 Å². The monoisotopic (exact) mass is 247 g/mol. The number of aromatic amines is 1. The van der Waals surface area contributed by atoms with Gasteiger partial charge in [0.2, 0.25) is 11.4 Å². The smallest absolute Gasteiger partial charge is 0.252 e. The van der Waals surface area contributed by atoms with E-state index in [0.29, 0.717) is 17.2 Å². The summed E-state index contributed by atoms with van der Waals surface area (Å²) in [4.78, 5) is 29.4. The van der Waals surface area contributed by atoms with E-state index in [9.17, 15) is 9.59 Å². The molecule has 0 bridgehead atoms. The Morgan fingerprint density at radius 1 is 1.56 bits per heavy atom. The van der Waals surface area contributed by atoms with Crippen molar-refractivity contribution in [1.82, 2.24) is 15.3 Å². The second kappa shape index (κ2) is 4.87. The molecule has 1 atom stereocenters. The lowest BCUT2D eigenvalue weighted by atomic mass is 10.2. The molecule has 94 valence electrons. The molecular formula is C12H13N3O3. The van der Waals surface area contributed by atoms with E-state index in [0.717, 1.165) is 0 Å². The molecule has 0 aromatic carbocycles. The lowest BCUT2D eigenvalue weighted by molar-refractivity contribution is 0.0933. The van der Waals surface area contributed by atoms with Crippen LogP contribution < -0.4 is 10.9 Å².